The van der Waals surface area contributed by atoms with Gasteiger partial charge in [-0.1, -0.05) is 6.07 Å². The van der Waals surface area contributed by atoms with Gasteiger partial charge in [0.2, 0.25) is 0 Å². The molecule has 0 fully saturated rings. The van der Waals surface area contributed by atoms with Gasteiger partial charge < -0.3 is 1.43 Å². The summed E-state index contributed by atoms with van der Waals surface area (Å²) in [7, 11) is 0. The molecule has 0 atom stereocenters. The predicted molar refractivity (Wildman–Crippen MR) is 44.8 cm³/mol. The van der Waals surface area contributed by atoms with Gasteiger partial charge in [-0.25, -0.2) is 0 Å². The molecule has 86 valence electrons. The van der Waals surface area contributed by atoms with E-state index in [0.29, 0.717) is 18.2 Å². The van der Waals surface area contributed by atoms with Crippen molar-refractivity contribution in [2.45, 2.75) is 17.2 Å². The van der Waals surface area contributed by atoms with Crippen LogP contribution in [0.4, 0.5) is 26.3 Å². The van der Waals surface area contributed by atoms with Crippen molar-refractivity contribution in [3.63, 3.8) is 0 Å². The van der Waals surface area contributed by atoms with Crippen LogP contribution in [0.5, 0.6) is 0 Å². The van der Waals surface area contributed by atoms with E-state index in [4.69, 9.17) is 0 Å². The smallest absolute Gasteiger partial charge is 1.00 e. The van der Waals surface area contributed by atoms with E-state index in [2.05, 4.69) is 12.6 Å². The zero-order valence-electron chi connectivity index (χ0n) is 8.95. The van der Waals surface area contributed by atoms with Crippen molar-refractivity contribution in [2.24, 2.45) is 0 Å². The van der Waals surface area contributed by atoms with Crippen LogP contribution in [0.2, 0.25) is 0 Å². The molecule has 0 nitrogen and oxygen atoms in total. The fraction of sp³-hybridized carbons (Fsp3) is 0.250. The van der Waals surface area contributed by atoms with Crippen LogP contribution in [0.25, 0.3) is 0 Å². The van der Waals surface area contributed by atoms with Crippen molar-refractivity contribution < 1.29 is 57.3 Å². The van der Waals surface area contributed by atoms with E-state index in [1.54, 1.807) is 0 Å². The molecule has 0 heterocycles. The van der Waals surface area contributed by atoms with Gasteiger partial charge >= 0.3 is 41.9 Å². The Morgan fingerprint density at radius 1 is 0.875 bits per heavy atom. The Hall–Kier alpha value is 0.150. The summed E-state index contributed by atoms with van der Waals surface area (Å²) in [6, 6.07) is 1.81. The average Bonchev–Trinajstić information content (AvgIpc) is 1.99. The van der Waals surface area contributed by atoms with E-state index in [1.807, 2.05) is 0 Å². The van der Waals surface area contributed by atoms with Crippen molar-refractivity contribution in [3.8, 4) is 0 Å². The maximum atomic E-state index is 12.2. The molecule has 0 spiro atoms. The van der Waals surface area contributed by atoms with Crippen LogP contribution in [0.15, 0.2) is 23.1 Å². The van der Waals surface area contributed by atoms with Crippen LogP contribution in [-0.2, 0) is 12.4 Å². The molecule has 0 saturated heterocycles. The summed E-state index contributed by atoms with van der Waals surface area (Å²) in [5, 5.41) is 0. The van der Waals surface area contributed by atoms with Gasteiger partial charge in [-0.15, -0.1) is 12.6 Å². The minimum Gasteiger partial charge on any atom is -1.00 e. The van der Waals surface area contributed by atoms with E-state index >= 15 is 0 Å². The van der Waals surface area contributed by atoms with E-state index in [0.717, 1.165) is 0 Å². The molecule has 16 heavy (non-hydrogen) atoms. The quantitative estimate of drug-likeness (QED) is 0.408. The van der Waals surface area contributed by atoms with Gasteiger partial charge in [0.25, 0.3) is 0 Å². The second-order valence-corrected chi connectivity index (χ2v) is 3.14. The zero-order valence-corrected chi connectivity index (χ0v) is 10.8. The van der Waals surface area contributed by atoms with Crippen molar-refractivity contribution >= 4 is 12.6 Å². The molecule has 0 bridgehead atoms. The molecular weight excluding hydrogens is 265 g/mol. The zero-order chi connectivity index (χ0) is 11.9. The van der Waals surface area contributed by atoms with Crippen LogP contribution in [0.3, 0.4) is 0 Å². The van der Waals surface area contributed by atoms with Crippen molar-refractivity contribution in [2.75, 3.05) is 0 Å². The molecule has 8 heteroatoms. The van der Waals surface area contributed by atoms with Gasteiger partial charge in [0.1, 0.15) is 0 Å². The van der Waals surface area contributed by atoms with Crippen LogP contribution in [-0.4, -0.2) is 0 Å². The average molecular weight is 270 g/mol. The fourth-order valence-corrected chi connectivity index (χ4v) is 1.40. The van der Waals surface area contributed by atoms with E-state index < -0.39 is 28.4 Å². The number of rotatable bonds is 0. The van der Waals surface area contributed by atoms with Crippen molar-refractivity contribution in [1.82, 2.24) is 0 Å². The first-order valence-corrected chi connectivity index (χ1v) is 4.05. The topological polar surface area (TPSA) is 0 Å². The minimum atomic E-state index is -4.83. The third-order valence-electron chi connectivity index (χ3n) is 1.65. The maximum absolute atomic E-state index is 12.2. The molecule has 0 aliphatic rings. The summed E-state index contributed by atoms with van der Waals surface area (Å²) in [4.78, 5) is -1.10. The van der Waals surface area contributed by atoms with Crippen LogP contribution in [0.1, 0.15) is 12.6 Å². The van der Waals surface area contributed by atoms with E-state index in [9.17, 15) is 26.3 Å². The summed E-state index contributed by atoms with van der Waals surface area (Å²) < 4.78 is 73.2. The van der Waals surface area contributed by atoms with Gasteiger partial charge in [-0.05, 0) is 12.1 Å². The molecule has 0 aliphatic heterocycles. The Bertz CT molecular complexity index is 343. The van der Waals surface area contributed by atoms with E-state index in [-0.39, 0.29) is 31.0 Å². The first-order valence-electron chi connectivity index (χ1n) is 3.60. The summed E-state index contributed by atoms with van der Waals surface area (Å²) in [5.74, 6) is 0. The Morgan fingerprint density at radius 2 is 1.19 bits per heavy atom. The largest absolute Gasteiger partial charge is 1.00 e. The Kier molecular flexibility index (Phi) is 5.25. The van der Waals surface area contributed by atoms with Crippen LogP contribution < -0.4 is 29.6 Å². The van der Waals surface area contributed by atoms with Crippen molar-refractivity contribution in [1.29, 1.82) is 0 Å². The molecule has 0 unspecified atom stereocenters. The first-order chi connectivity index (χ1) is 6.64. The molecule has 0 N–H and O–H groups in total. The second-order valence-electron chi connectivity index (χ2n) is 2.70. The molecule has 1 aromatic rings. The molecule has 0 saturated carbocycles. The molecule has 0 aromatic heterocycles. The number of alkyl halides is 6. The number of thiol groups is 1. The molecule has 1 rings (SSSR count). The Balaban J connectivity index is 0. The Morgan fingerprint density at radius 3 is 1.44 bits per heavy atom. The first kappa shape index (κ1) is 16.1. The van der Waals surface area contributed by atoms with Gasteiger partial charge in [0.15, 0.2) is 0 Å². The Labute approximate surface area is 116 Å². The normalized spacial score (nSPS) is 12.2. The summed E-state index contributed by atoms with van der Waals surface area (Å²) in [5.41, 5.74) is -2.78. The van der Waals surface area contributed by atoms with Gasteiger partial charge in [-0.3, -0.25) is 0 Å². The van der Waals surface area contributed by atoms with E-state index in [1.165, 1.54) is 0 Å². The molecule has 0 radical (unpaired) electrons. The van der Waals surface area contributed by atoms with Gasteiger partial charge in [-0.2, -0.15) is 26.3 Å². The number of halogens is 6. The summed E-state index contributed by atoms with van der Waals surface area (Å²) >= 11 is 3.26. The molecule has 1 aromatic carbocycles. The molecule has 0 aliphatic carbocycles. The third-order valence-corrected chi connectivity index (χ3v) is 2.13. The number of hydrogen-bond acceptors (Lipinski definition) is 1. The van der Waals surface area contributed by atoms with Crippen LogP contribution >= 0.6 is 12.6 Å². The van der Waals surface area contributed by atoms with Crippen LogP contribution in [0, 0.1) is 0 Å². The number of benzene rings is 1. The molecule has 0 amide bonds. The fourth-order valence-electron chi connectivity index (χ4n) is 1.00. The predicted octanol–water partition coefficient (Wildman–Crippen LogP) is 1.13. The summed E-state index contributed by atoms with van der Waals surface area (Å²) in [6.07, 6.45) is -9.67. The summed E-state index contributed by atoms with van der Waals surface area (Å²) in [6.45, 7) is 0. The number of hydrogen-bond donors (Lipinski definition) is 1. The monoisotopic (exact) mass is 270 g/mol. The second kappa shape index (κ2) is 5.20. The SMILES string of the molecule is FC(F)(F)c1cccc(C(F)(F)F)c1S.[H-].[Na+]. The molecular formula is C8H5F6NaS. The maximum Gasteiger partial charge on any atom is 1.00 e. The van der Waals surface area contributed by atoms with Gasteiger partial charge in [0, 0.05) is 4.90 Å². The van der Waals surface area contributed by atoms with Gasteiger partial charge in [0.05, 0.1) is 11.1 Å². The third kappa shape index (κ3) is 3.58. The minimum absolute atomic E-state index is 0. The van der Waals surface area contributed by atoms with Crippen molar-refractivity contribution in [3.05, 3.63) is 29.3 Å². The standard InChI is InChI=1S/C8H4F6S.Na.H/c9-7(10,11)4-2-1-3-5(6(4)15)8(12,13)14;;/h1-3,15H;;/q;+1;-1.